The fourth-order valence-electron chi connectivity index (χ4n) is 2.05. The lowest BCUT2D eigenvalue weighted by Crippen LogP contribution is -2.23. The van der Waals surface area contributed by atoms with Crippen LogP contribution in [0, 0.1) is 13.8 Å². The maximum atomic E-state index is 11.8. The molecule has 0 atom stereocenters. The second kappa shape index (κ2) is 8.63. The number of benzene rings is 2. The summed E-state index contributed by atoms with van der Waals surface area (Å²) in [6.07, 6.45) is 0.637. The molecule has 0 saturated heterocycles. The topological polar surface area (TPSA) is 81.7 Å². The number of para-hydroxylation sites is 1. The first kappa shape index (κ1) is 18.2. The van der Waals surface area contributed by atoms with Crippen LogP contribution in [0.15, 0.2) is 42.5 Å². The Hall–Kier alpha value is -3.15. The number of carbonyl (C=O) groups excluding carboxylic acids is 3. The zero-order valence-corrected chi connectivity index (χ0v) is 14.1. The van der Waals surface area contributed by atoms with Crippen molar-refractivity contribution >= 4 is 23.9 Å². The molecule has 0 spiro atoms. The predicted octanol–water partition coefficient (Wildman–Crippen LogP) is 2.68. The summed E-state index contributed by atoms with van der Waals surface area (Å²) in [5.74, 6) is -0.852. The highest BCUT2D eigenvalue weighted by Crippen LogP contribution is 2.16. The summed E-state index contributed by atoms with van der Waals surface area (Å²) >= 11 is 0. The van der Waals surface area contributed by atoms with E-state index in [-0.39, 0.29) is 12.4 Å². The third-order valence-electron chi connectivity index (χ3n) is 3.55. The molecule has 0 aliphatic carbocycles. The molecule has 0 radical (unpaired) electrons. The number of hydrogen-bond acceptors (Lipinski definition) is 5. The van der Waals surface area contributed by atoms with Crippen LogP contribution in [0.2, 0.25) is 0 Å². The highest BCUT2D eigenvalue weighted by Gasteiger charge is 2.10. The molecule has 2 rings (SSSR count). The average Bonchev–Trinajstić information content (AvgIpc) is 2.61. The van der Waals surface area contributed by atoms with Gasteiger partial charge in [0.05, 0.1) is 5.56 Å². The van der Waals surface area contributed by atoms with Crippen molar-refractivity contribution < 1.29 is 23.9 Å². The van der Waals surface area contributed by atoms with Gasteiger partial charge in [-0.15, -0.1) is 0 Å². The molecule has 0 heterocycles. The van der Waals surface area contributed by atoms with Crippen molar-refractivity contribution in [3.63, 3.8) is 0 Å². The van der Waals surface area contributed by atoms with E-state index in [9.17, 15) is 14.4 Å². The summed E-state index contributed by atoms with van der Waals surface area (Å²) in [5, 5.41) is 2.65. The second-order valence-corrected chi connectivity index (χ2v) is 5.45. The predicted molar refractivity (Wildman–Crippen MR) is 92.8 cm³/mol. The molecule has 0 aliphatic heterocycles. The molecule has 6 heteroatoms. The van der Waals surface area contributed by atoms with Gasteiger partial charge in [0.1, 0.15) is 5.75 Å². The van der Waals surface area contributed by atoms with Gasteiger partial charge in [-0.1, -0.05) is 18.2 Å². The van der Waals surface area contributed by atoms with Gasteiger partial charge in [0.15, 0.2) is 19.5 Å². The fourth-order valence-corrected chi connectivity index (χ4v) is 2.05. The van der Waals surface area contributed by atoms with E-state index in [1.807, 2.05) is 26.0 Å². The van der Waals surface area contributed by atoms with Gasteiger partial charge in [-0.2, -0.15) is 0 Å². The van der Waals surface area contributed by atoms with E-state index >= 15 is 0 Å². The molecular weight excluding hydrogens is 322 g/mol. The summed E-state index contributed by atoms with van der Waals surface area (Å²) in [5.41, 5.74) is 3.15. The van der Waals surface area contributed by atoms with Crippen LogP contribution in [-0.4, -0.2) is 31.4 Å². The Bertz CT molecular complexity index is 785. The van der Waals surface area contributed by atoms with Crippen molar-refractivity contribution in [1.29, 1.82) is 0 Å². The number of rotatable bonds is 7. The molecule has 0 fully saturated rings. The monoisotopic (exact) mass is 341 g/mol. The molecule has 6 nitrogen and oxygen atoms in total. The largest absolute Gasteiger partial charge is 0.481 e. The first-order valence-corrected chi connectivity index (χ1v) is 7.69. The van der Waals surface area contributed by atoms with E-state index < -0.39 is 18.5 Å². The van der Waals surface area contributed by atoms with Crippen LogP contribution in [0.3, 0.4) is 0 Å². The van der Waals surface area contributed by atoms with Gasteiger partial charge in [0.2, 0.25) is 0 Å². The summed E-state index contributed by atoms with van der Waals surface area (Å²) in [6.45, 7) is 3.12. The highest BCUT2D eigenvalue weighted by atomic mass is 16.6. The molecule has 2 aromatic carbocycles. The number of esters is 1. The van der Waals surface area contributed by atoms with Crippen molar-refractivity contribution in [3.8, 4) is 5.75 Å². The first-order chi connectivity index (χ1) is 12.0. The third kappa shape index (κ3) is 5.46. The number of ether oxygens (including phenoxy) is 2. The quantitative estimate of drug-likeness (QED) is 0.618. The van der Waals surface area contributed by atoms with Crippen molar-refractivity contribution in [1.82, 2.24) is 0 Å². The second-order valence-electron chi connectivity index (χ2n) is 5.45. The van der Waals surface area contributed by atoms with E-state index in [0.717, 1.165) is 11.1 Å². The Labute approximate surface area is 145 Å². The highest BCUT2D eigenvalue weighted by molar-refractivity contribution is 5.93. The number of nitrogens with one attached hydrogen (secondary N) is 1. The minimum Gasteiger partial charge on any atom is -0.481 e. The van der Waals surface area contributed by atoms with Gasteiger partial charge in [-0.3, -0.25) is 9.59 Å². The summed E-state index contributed by atoms with van der Waals surface area (Å²) in [7, 11) is 0. The zero-order valence-electron chi connectivity index (χ0n) is 14.1. The van der Waals surface area contributed by atoms with E-state index in [2.05, 4.69) is 5.32 Å². The van der Waals surface area contributed by atoms with Crippen LogP contribution in [-0.2, 0) is 14.3 Å². The standard InChI is InChI=1S/C19H19NO5/c1-13-7-8-16(9-14(13)2)20-18(22)11-25-19(23)12-24-17-6-4-3-5-15(17)10-21/h3-10H,11-12H2,1-2H3,(H,20,22). The first-order valence-electron chi connectivity index (χ1n) is 7.69. The van der Waals surface area contributed by atoms with Gasteiger partial charge in [-0.05, 0) is 49.2 Å². The molecular formula is C19H19NO5. The van der Waals surface area contributed by atoms with Crippen LogP contribution in [0.25, 0.3) is 0 Å². The Kier molecular flexibility index (Phi) is 6.28. The summed E-state index contributed by atoms with van der Waals surface area (Å²) in [6, 6.07) is 12.0. The van der Waals surface area contributed by atoms with Gasteiger partial charge in [0, 0.05) is 5.69 Å². The van der Waals surface area contributed by atoms with Crippen LogP contribution in [0.4, 0.5) is 5.69 Å². The number of anilines is 1. The maximum Gasteiger partial charge on any atom is 0.344 e. The number of aldehydes is 1. The molecule has 1 N–H and O–H groups in total. The Balaban J connectivity index is 1.78. The van der Waals surface area contributed by atoms with E-state index in [4.69, 9.17) is 9.47 Å². The summed E-state index contributed by atoms with van der Waals surface area (Å²) < 4.78 is 10.1. The molecule has 0 aromatic heterocycles. The minimum absolute atomic E-state index is 0.286. The smallest absolute Gasteiger partial charge is 0.344 e. The fraction of sp³-hybridized carbons (Fsp3) is 0.211. The average molecular weight is 341 g/mol. The zero-order chi connectivity index (χ0) is 18.2. The van der Waals surface area contributed by atoms with Crippen LogP contribution in [0.1, 0.15) is 21.5 Å². The molecule has 0 aliphatic rings. The lowest BCUT2D eigenvalue weighted by atomic mass is 10.1. The van der Waals surface area contributed by atoms with Crippen molar-refractivity contribution in [2.45, 2.75) is 13.8 Å². The normalized spacial score (nSPS) is 10.0. The molecule has 0 saturated carbocycles. The van der Waals surface area contributed by atoms with E-state index in [1.165, 1.54) is 0 Å². The number of amides is 1. The van der Waals surface area contributed by atoms with Crippen molar-refractivity contribution in [3.05, 3.63) is 59.2 Å². The molecule has 1 amide bonds. The van der Waals surface area contributed by atoms with Crippen molar-refractivity contribution in [2.24, 2.45) is 0 Å². The van der Waals surface area contributed by atoms with Gasteiger partial charge in [0.25, 0.3) is 5.91 Å². The Morgan fingerprint density at radius 1 is 1.04 bits per heavy atom. The lowest BCUT2D eigenvalue weighted by Gasteiger charge is -2.09. The van der Waals surface area contributed by atoms with Crippen LogP contribution < -0.4 is 10.1 Å². The Morgan fingerprint density at radius 3 is 2.52 bits per heavy atom. The lowest BCUT2D eigenvalue weighted by molar-refractivity contribution is -0.149. The number of carbonyl (C=O) groups is 3. The molecule has 2 aromatic rings. The minimum atomic E-state index is -0.698. The van der Waals surface area contributed by atoms with Crippen LogP contribution >= 0.6 is 0 Å². The van der Waals surface area contributed by atoms with Gasteiger partial charge < -0.3 is 14.8 Å². The van der Waals surface area contributed by atoms with Crippen LogP contribution in [0.5, 0.6) is 5.75 Å². The van der Waals surface area contributed by atoms with E-state index in [1.54, 1.807) is 30.3 Å². The maximum absolute atomic E-state index is 11.8. The molecule has 25 heavy (non-hydrogen) atoms. The number of aryl methyl sites for hydroxylation is 2. The van der Waals surface area contributed by atoms with Gasteiger partial charge >= 0.3 is 5.97 Å². The number of hydrogen-bond donors (Lipinski definition) is 1. The summed E-state index contributed by atoms with van der Waals surface area (Å²) in [4.78, 5) is 34.3. The SMILES string of the molecule is Cc1ccc(NC(=O)COC(=O)COc2ccccc2C=O)cc1C. The van der Waals surface area contributed by atoms with Crippen molar-refractivity contribution in [2.75, 3.05) is 18.5 Å². The molecule has 130 valence electrons. The molecule has 0 unspecified atom stereocenters. The third-order valence-corrected chi connectivity index (χ3v) is 3.55. The van der Waals surface area contributed by atoms with Gasteiger partial charge in [-0.25, -0.2) is 4.79 Å². The molecule has 0 bridgehead atoms. The Morgan fingerprint density at radius 2 is 1.80 bits per heavy atom. The van der Waals surface area contributed by atoms with E-state index in [0.29, 0.717) is 17.5 Å².